The first-order chi connectivity index (χ1) is 11.0. The van der Waals surface area contributed by atoms with E-state index in [-0.39, 0.29) is 18.3 Å². The molecule has 0 bridgehead atoms. The number of esters is 1. The van der Waals surface area contributed by atoms with Crippen LogP contribution in [0.2, 0.25) is 0 Å². The number of phenolic OH excluding ortho intramolecular Hbond substituents is 1. The number of thiophene rings is 1. The lowest BCUT2D eigenvalue weighted by atomic mass is 10.2. The third kappa shape index (κ3) is 4.32. The topological polar surface area (TPSA) is 75.6 Å². The van der Waals surface area contributed by atoms with E-state index in [9.17, 15) is 14.7 Å². The van der Waals surface area contributed by atoms with Gasteiger partial charge in [-0.2, -0.15) is 0 Å². The molecule has 1 aromatic heterocycles. The Hall–Kier alpha value is -2.34. The fourth-order valence-electron chi connectivity index (χ4n) is 2.09. The van der Waals surface area contributed by atoms with E-state index in [2.05, 4.69) is 12.2 Å². The monoisotopic (exact) mass is 333 g/mol. The average Bonchev–Trinajstić information content (AvgIpc) is 2.90. The number of ether oxygens (including phenoxy) is 1. The summed E-state index contributed by atoms with van der Waals surface area (Å²) < 4.78 is 5.04. The normalized spacial score (nSPS) is 10.3. The summed E-state index contributed by atoms with van der Waals surface area (Å²) in [5, 5.41) is 12.7. The molecule has 0 unspecified atom stereocenters. The predicted octanol–water partition coefficient (Wildman–Crippen LogP) is 3.84. The molecule has 0 aliphatic heterocycles. The molecular formula is C17H19NO4S. The molecule has 5 nitrogen and oxygen atoms in total. The van der Waals surface area contributed by atoms with Crippen LogP contribution in [0.3, 0.4) is 0 Å². The number of benzene rings is 1. The molecule has 1 heterocycles. The molecule has 0 radical (unpaired) electrons. The summed E-state index contributed by atoms with van der Waals surface area (Å²) in [6, 6.07) is 7.82. The molecule has 2 N–H and O–H groups in total. The van der Waals surface area contributed by atoms with Crippen LogP contribution in [0.5, 0.6) is 5.75 Å². The molecule has 2 aromatic rings. The Morgan fingerprint density at radius 3 is 2.70 bits per heavy atom. The molecule has 0 aliphatic carbocycles. The molecule has 1 aromatic carbocycles. The Morgan fingerprint density at radius 1 is 1.26 bits per heavy atom. The summed E-state index contributed by atoms with van der Waals surface area (Å²) in [7, 11) is 0. The fraction of sp³-hybridized carbons (Fsp3) is 0.294. The Labute approximate surface area is 138 Å². The summed E-state index contributed by atoms with van der Waals surface area (Å²) >= 11 is 1.37. The minimum absolute atomic E-state index is 0.0149. The van der Waals surface area contributed by atoms with Crippen LogP contribution in [0.1, 0.15) is 45.9 Å². The van der Waals surface area contributed by atoms with Crippen LogP contribution in [-0.4, -0.2) is 23.6 Å². The highest BCUT2D eigenvalue weighted by atomic mass is 32.1. The molecule has 0 atom stereocenters. The number of hydrogen-bond acceptors (Lipinski definition) is 5. The van der Waals surface area contributed by atoms with Crippen LogP contribution in [-0.2, 0) is 11.2 Å². The number of nitrogens with one attached hydrogen (secondary N) is 1. The molecule has 1 amide bonds. The van der Waals surface area contributed by atoms with Crippen molar-refractivity contribution in [2.24, 2.45) is 0 Å². The van der Waals surface area contributed by atoms with Gasteiger partial charge in [-0.25, -0.2) is 4.79 Å². The molecule has 122 valence electrons. The maximum Gasteiger partial charge on any atom is 0.341 e. The van der Waals surface area contributed by atoms with Crippen LogP contribution in [0.4, 0.5) is 5.00 Å². The number of phenols is 1. The molecule has 6 heteroatoms. The van der Waals surface area contributed by atoms with Gasteiger partial charge in [-0.05, 0) is 37.6 Å². The van der Waals surface area contributed by atoms with Gasteiger partial charge in [0.05, 0.1) is 12.2 Å². The van der Waals surface area contributed by atoms with Crippen molar-refractivity contribution in [3.63, 3.8) is 0 Å². The molecule has 0 aliphatic rings. The van der Waals surface area contributed by atoms with Gasteiger partial charge in [0.1, 0.15) is 10.8 Å². The fourth-order valence-corrected chi connectivity index (χ4v) is 3.23. The highest BCUT2D eigenvalue weighted by Gasteiger charge is 2.19. The van der Waals surface area contributed by atoms with Gasteiger partial charge in [0.15, 0.2) is 0 Å². The molecular weight excluding hydrogens is 314 g/mol. The SMILES string of the molecule is CCCc1cc(C(=O)OCC)c(NC(=O)c2cccc(O)c2)s1. The van der Waals surface area contributed by atoms with Crippen LogP contribution in [0.15, 0.2) is 30.3 Å². The van der Waals surface area contributed by atoms with Crippen LogP contribution in [0.25, 0.3) is 0 Å². The number of aromatic hydroxyl groups is 1. The summed E-state index contributed by atoms with van der Waals surface area (Å²) in [5.41, 5.74) is 0.694. The molecule has 0 saturated carbocycles. The number of aryl methyl sites for hydroxylation is 1. The number of hydrogen-bond donors (Lipinski definition) is 2. The van der Waals surface area contributed by atoms with E-state index < -0.39 is 5.97 Å². The van der Waals surface area contributed by atoms with Crippen molar-refractivity contribution in [1.29, 1.82) is 0 Å². The smallest absolute Gasteiger partial charge is 0.341 e. The van der Waals surface area contributed by atoms with Gasteiger partial charge in [0.25, 0.3) is 5.91 Å². The zero-order chi connectivity index (χ0) is 16.8. The number of amides is 1. The number of rotatable bonds is 6. The predicted molar refractivity (Wildman–Crippen MR) is 90.3 cm³/mol. The number of carbonyl (C=O) groups is 2. The van der Waals surface area contributed by atoms with Crippen molar-refractivity contribution in [2.75, 3.05) is 11.9 Å². The van der Waals surface area contributed by atoms with E-state index in [0.717, 1.165) is 17.7 Å². The second-order valence-corrected chi connectivity index (χ2v) is 6.07. The van der Waals surface area contributed by atoms with E-state index in [1.165, 1.54) is 23.5 Å². The van der Waals surface area contributed by atoms with E-state index in [4.69, 9.17) is 4.74 Å². The van der Waals surface area contributed by atoms with Crippen molar-refractivity contribution >= 4 is 28.2 Å². The molecule has 2 rings (SSSR count). The summed E-state index contributed by atoms with van der Waals surface area (Å²) in [5.74, 6) is -0.810. The zero-order valence-electron chi connectivity index (χ0n) is 13.1. The van der Waals surface area contributed by atoms with Crippen molar-refractivity contribution in [1.82, 2.24) is 0 Å². The first kappa shape index (κ1) is 17.0. The van der Waals surface area contributed by atoms with E-state index in [1.807, 2.05) is 0 Å². The van der Waals surface area contributed by atoms with Gasteiger partial charge >= 0.3 is 5.97 Å². The summed E-state index contributed by atoms with van der Waals surface area (Å²) in [6.45, 7) is 4.06. The second kappa shape index (κ2) is 7.78. The van der Waals surface area contributed by atoms with Gasteiger partial charge in [0.2, 0.25) is 0 Å². The van der Waals surface area contributed by atoms with Crippen molar-refractivity contribution in [2.45, 2.75) is 26.7 Å². The van der Waals surface area contributed by atoms with Crippen LogP contribution in [0, 0.1) is 0 Å². The van der Waals surface area contributed by atoms with Crippen molar-refractivity contribution < 1.29 is 19.4 Å². The molecule has 0 saturated heterocycles. The molecule has 0 spiro atoms. The number of carbonyl (C=O) groups excluding carboxylic acids is 2. The van der Waals surface area contributed by atoms with Gasteiger partial charge in [-0.3, -0.25) is 4.79 Å². The average molecular weight is 333 g/mol. The highest BCUT2D eigenvalue weighted by Crippen LogP contribution is 2.30. The van der Waals surface area contributed by atoms with Gasteiger partial charge in [-0.15, -0.1) is 11.3 Å². The quantitative estimate of drug-likeness (QED) is 0.788. The first-order valence-corrected chi connectivity index (χ1v) is 8.27. The maximum absolute atomic E-state index is 12.3. The van der Waals surface area contributed by atoms with Crippen LogP contribution < -0.4 is 5.32 Å². The van der Waals surface area contributed by atoms with Crippen molar-refractivity contribution in [3.8, 4) is 5.75 Å². The second-order valence-electron chi connectivity index (χ2n) is 4.93. The maximum atomic E-state index is 12.3. The first-order valence-electron chi connectivity index (χ1n) is 7.45. The van der Waals surface area contributed by atoms with E-state index >= 15 is 0 Å². The Balaban J connectivity index is 2.26. The number of anilines is 1. The Bertz CT molecular complexity index is 708. The summed E-state index contributed by atoms with van der Waals surface area (Å²) in [4.78, 5) is 25.4. The molecule has 23 heavy (non-hydrogen) atoms. The minimum Gasteiger partial charge on any atom is -0.508 e. The lowest BCUT2D eigenvalue weighted by molar-refractivity contribution is 0.0528. The lowest BCUT2D eigenvalue weighted by Gasteiger charge is -2.06. The molecule has 0 fully saturated rings. The van der Waals surface area contributed by atoms with Crippen molar-refractivity contribution in [3.05, 3.63) is 46.3 Å². The van der Waals surface area contributed by atoms with Gasteiger partial charge in [0, 0.05) is 10.4 Å². The van der Waals surface area contributed by atoms with E-state index in [0.29, 0.717) is 16.1 Å². The Morgan fingerprint density at radius 2 is 2.04 bits per heavy atom. The van der Waals surface area contributed by atoms with Gasteiger partial charge < -0.3 is 15.2 Å². The summed E-state index contributed by atoms with van der Waals surface area (Å²) in [6.07, 6.45) is 1.78. The van der Waals surface area contributed by atoms with E-state index in [1.54, 1.807) is 25.1 Å². The third-order valence-corrected chi connectivity index (χ3v) is 4.22. The minimum atomic E-state index is -0.447. The lowest BCUT2D eigenvalue weighted by Crippen LogP contribution is -2.14. The van der Waals surface area contributed by atoms with Gasteiger partial charge in [-0.1, -0.05) is 19.4 Å². The highest BCUT2D eigenvalue weighted by molar-refractivity contribution is 7.16. The van der Waals surface area contributed by atoms with Crippen LogP contribution >= 0.6 is 11.3 Å². The standard InChI is InChI=1S/C17H19NO4S/c1-3-6-13-10-14(17(21)22-4-2)16(23-13)18-15(20)11-7-5-8-12(19)9-11/h5,7-10,19H,3-4,6H2,1-2H3,(H,18,20). The largest absolute Gasteiger partial charge is 0.508 e. The zero-order valence-corrected chi connectivity index (χ0v) is 13.9. The third-order valence-electron chi connectivity index (χ3n) is 3.11. The Kier molecular flexibility index (Phi) is 5.76.